The van der Waals surface area contributed by atoms with Gasteiger partial charge in [0.15, 0.2) is 0 Å². The van der Waals surface area contributed by atoms with E-state index in [9.17, 15) is 18.0 Å². The normalized spacial score (nSPS) is 13.0. The molecule has 0 radical (unpaired) electrons. The monoisotopic (exact) mass is 246 g/mol. The van der Waals surface area contributed by atoms with Crippen molar-refractivity contribution in [2.45, 2.75) is 19.1 Å². The lowest BCUT2D eigenvalue weighted by Gasteiger charge is -2.15. The molecule has 0 bridgehead atoms. The first-order chi connectivity index (χ1) is 7.84. The molecule has 17 heavy (non-hydrogen) atoms. The second kappa shape index (κ2) is 5.07. The predicted octanol–water partition coefficient (Wildman–Crippen LogP) is 2.25. The first kappa shape index (κ1) is 13.3. The molecule has 1 rings (SSSR count). The SMILES string of the molecule is CNC(=O)C(C)Nc1cccc(C(F)(F)F)c1. The van der Waals surface area contributed by atoms with Gasteiger partial charge in [0.25, 0.3) is 0 Å². The number of benzene rings is 1. The minimum Gasteiger partial charge on any atom is -0.374 e. The second-order valence-corrected chi connectivity index (χ2v) is 3.56. The molecule has 0 saturated carbocycles. The van der Waals surface area contributed by atoms with Gasteiger partial charge in [-0.25, -0.2) is 0 Å². The van der Waals surface area contributed by atoms with Gasteiger partial charge in [0.2, 0.25) is 5.91 Å². The maximum atomic E-state index is 12.4. The van der Waals surface area contributed by atoms with E-state index in [2.05, 4.69) is 10.6 Å². The Kier molecular flexibility index (Phi) is 3.98. The van der Waals surface area contributed by atoms with Crippen molar-refractivity contribution in [2.24, 2.45) is 0 Å². The Morgan fingerprint density at radius 2 is 2.00 bits per heavy atom. The van der Waals surface area contributed by atoms with Crippen LogP contribution in [0.3, 0.4) is 0 Å². The first-order valence-electron chi connectivity index (χ1n) is 5.00. The fraction of sp³-hybridized carbons (Fsp3) is 0.364. The maximum absolute atomic E-state index is 12.4. The number of hydrogen-bond donors (Lipinski definition) is 2. The highest BCUT2D eigenvalue weighted by Crippen LogP contribution is 2.30. The number of amides is 1. The zero-order valence-electron chi connectivity index (χ0n) is 9.43. The number of halogens is 3. The third-order valence-electron chi connectivity index (χ3n) is 2.21. The maximum Gasteiger partial charge on any atom is 0.416 e. The van der Waals surface area contributed by atoms with Gasteiger partial charge in [0.1, 0.15) is 6.04 Å². The van der Waals surface area contributed by atoms with Crippen molar-refractivity contribution in [1.29, 1.82) is 0 Å². The number of nitrogens with one attached hydrogen (secondary N) is 2. The quantitative estimate of drug-likeness (QED) is 0.858. The molecule has 0 fully saturated rings. The molecule has 0 spiro atoms. The van der Waals surface area contributed by atoms with Crippen LogP contribution in [0.2, 0.25) is 0 Å². The van der Waals surface area contributed by atoms with Crippen LogP contribution in [0.25, 0.3) is 0 Å². The van der Waals surface area contributed by atoms with Crippen LogP contribution >= 0.6 is 0 Å². The number of likely N-dealkylation sites (N-methyl/N-ethyl adjacent to an activating group) is 1. The highest BCUT2D eigenvalue weighted by atomic mass is 19.4. The second-order valence-electron chi connectivity index (χ2n) is 3.56. The van der Waals surface area contributed by atoms with Gasteiger partial charge < -0.3 is 10.6 Å². The first-order valence-corrected chi connectivity index (χ1v) is 5.00. The lowest BCUT2D eigenvalue weighted by atomic mass is 10.2. The average molecular weight is 246 g/mol. The van der Waals surface area contributed by atoms with Gasteiger partial charge in [-0.2, -0.15) is 13.2 Å². The van der Waals surface area contributed by atoms with Crippen molar-refractivity contribution >= 4 is 11.6 Å². The van der Waals surface area contributed by atoms with E-state index in [1.165, 1.54) is 19.2 Å². The van der Waals surface area contributed by atoms with Crippen LogP contribution in [0.1, 0.15) is 12.5 Å². The molecule has 1 aromatic rings. The van der Waals surface area contributed by atoms with Crippen LogP contribution in [0, 0.1) is 0 Å². The third kappa shape index (κ3) is 3.65. The minimum absolute atomic E-state index is 0.260. The van der Waals surface area contributed by atoms with Gasteiger partial charge in [0.05, 0.1) is 5.56 Å². The Bertz CT molecular complexity index is 404. The number of anilines is 1. The van der Waals surface area contributed by atoms with E-state index in [0.717, 1.165) is 12.1 Å². The Labute approximate surface area is 97.0 Å². The lowest BCUT2D eigenvalue weighted by Crippen LogP contribution is -2.35. The van der Waals surface area contributed by atoms with Crippen molar-refractivity contribution in [2.75, 3.05) is 12.4 Å². The summed E-state index contributed by atoms with van der Waals surface area (Å²) in [5, 5.41) is 5.10. The van der Waals surface area contributed by atoms with E-state index in [1.807, 2.05) is 0 Å². The largest absolute Gasteiger partial charge is 0.416 e. The highest BCUT2D eigenvalue weighted by molar-refractivity contribution is 5.83. The zero-order valence-corrected chi connectivity index (χ0v) is 9.43. The van der Waals surface area contributed by atoms with Gasteiger partial charge in [-0.15, -0.1) is 0 Å². The smallest absolute Gasteiger partial charge is 0.374 e. The average Bonchev–Trinajstić information content (AvgIpc) is 2.27. The Morgan fingerprint density at radius 1 is 1.35 bits per heavy atom. The molecule has 3 nitrogen and oxygen atoms in total. The van der Waals surface area contributed by atoms with Crippen molar-refractivity contribution in [3.05, 3.63) is 29.8 Å². The van der Waals surface area contributed by atoms with Crippen LogP contribution in [0.15, 0.2) is 24.3 Å². The van der Waals surface area contributed by atoms with Crippen molar-refractivity contribution in [3.63, 3.8) is 0 Å². The molecule has 0 aliphatic heterocycles. The summed E-state index contributed by atoms with van der Waals surface area (Å²) < 4.78 is 37.3. The van der Waals surface area contributed by atoms with Crippen molar-refractivity contribution in [1.82, 2.24) is 5.32 Å². The third-order valence-corrected chi connectivity index (χ3v) is 2.21. The fourth-order valence-electron chi connectivity index (χ4n) is 1.32. The summed E-state index contributed by atoms with van der Waals surface area (Å²) >= 11 is 0. The molecule has 1 amide bonds. The molecular weight excluding hydrogens is 233 g/mol. The summed E-state index contributed by atoms with van der Waals surface area (Å²) in [4.78, 5) is 11.2. The molecule has 0 aliphatic rings. The topological polar surface area (TPSA) is 41.1 Å². The summed E-state index contributed by atoms with van der Waals surface area (Å²) in [6.07, 6.45) is -4.38. The van der Waals surface area contributed by atoms with Crippen LogP contribution in [0.5, 0.6) is 0 Å². The Hall–Kier alpha value is -1.72. The van der Waals surface area contributed by atoms with E-state index in [1.54, 1.807) is 6.92 Å². The summed E-state index contributed by atoms with van der Waals surface area (Å²) in [6, 6.07) is 4.13. The van der Waals surface area contributed by atoms with Crippen molar-refractivity contribution < 1.29 is 18.0 Å². The molecular formula is C11H13F3N2O. The molecule has 94 valence electrons. The Morgan fingerprint density at radius 3 is 2.53 bits per heavy atom. The summed E-state index contributed by atoms with van der Waals surface area (Å²) in [5.41, 5.74) is -0.484. The number of carbonyl (C=O) groups excluding carboxylic acids is 1. The lowest BCUT2D eigenvalue weighted by molar-refractivity contribution is -0.137. The number of carbonyl (C=O) groups is 1. The minimum atomic E-state index is -4.38. The van der Waals surface area contributed by atoms with E-state index < -0.39 is 17.8 Å². The van der Waals surface area contributed by atoms with Crippen LogP contribution in [-0.4, -0.2) is 19.0 Å². The molecule has 0 saturated heterocycles. The fourth-order valence-corrected chi connectivity index (χ4v) is 1.32. The molecule has 1 atom stereocenters. The molecule has 0 heterocycles. The molecule has 0 aromatic heterocycles. The van der Waals surface area contributed by atoms with Gasteiger partial charge in [0, 0.05) is 12.7 Å². The van der Waals surface area contributed by atoms with E-state index in [0.29, 0.717) is 0 Å². The number of hydrogen-bond acceptors (Lipinski definition) is 2. The van der Waals surface area contributed by atoms with Gasteiger partial charge in [-0.3, -0.25) is 4.79 Å². The van der Waals surface area contributed by atoms with E-state index >= 15 is 0 Å². The van der Waals surface area contributed by atoms with Crippen LogP contribution in [0.4, 0.5) is 18.9 Å². The molecule has 1 aromatic carbocycles. The highest BCUT2D eigenvalue weighted by Gasteiger charge is 2.30. The molecule has 1 unspecified atom stereocenters. The summed E-state index contributed by atoms with van der Waals surface area (Å²) in [5.74, 6) is -0.289. The zero-order chi connectivity index (χ0) is 13.1. The van der Waals surface area contributed by atoms with E-state index in [4.69, 9.17) is 0 Å². The van der Waals surface area contributed by atoms with Crippen LogP contribution < -0.4 is 10.6 Å². The van der Waals surface area contributed by atoms with Crippen LogP contribution in [-0.2, 0) is 11.0 Å². The number of rotatable bonds is 3. The standard InChI is InChI=1S/C11H13F3N2O/c1-7(10(17)15-2)16-9-5-3-4-8(6-9)11(12,13)14/h3-7,16H,1-2H3,(H,15,17). The van der Waals surface area contributed by atoms with Crippen molar-refractivity contribution in [3.8, 4) is 0 Å². The molecule has 6 heteroatoms. The molecule has 0 aliphatic carbocycles. The number of alkyl halides is 3. The van der Waals surface area contributed by atoms with E-state index in [-0.39, 0.29) is 11.6 Å². The van der Waals surface area contributed by atoms with Gasteiger partial charge >= 0.3 is 6.18 Å². The summed E-state index contributed by atoms with van der Waals surface area (Å²) in [6.45, 7) is 1.57. The Balaban J connectivity index is 2.83. The summed E-state index contributed by atoms with van der Waals surface area (Å²) in [7, 11) is 1.46. The molecule has 2 N–H and O–H groups in total. The van der Waals surface area contributed by atoms with Gasteiger partial charge in [-0.1, -0.05) is 6.07 Å². The predicted molar refractivity (Wildman–Crippen MR) is 58.6 cm³/mol. The van der Waals surface area contributed by atoms with Gasteiger partial charge in [-0.05, 0) is 25.1 Å².